The van der Waals surface area contributed by atoms with E-state index in [4.69, 9.17) is 14.0 Å². The van der Waals surface area contributed by atoms with Gasteiger partial charge >= 0.3 is 0 Å². The van der Waals surface area contributed by atoms with Crippen LogP contribution in [0.25, 0.3) is 6.08 Å². The molecule has 2 aromatic rings. The third-order valence-corrected chi connectivity index (χ3v) is 5.11. The predicted octanol–water partition coefficient (Wildman–Crippen LogP) is 2.80. The quantitative estimate of drug-likeness (QED) is 0.577. The Morgan fingerprint density at radius 2 is 1.91 bits per heavy atom. The van der Waals surface area contributed by atoms with Crippen molar-refractivity contribution < 1.29 is 28.4 Å². The lowest BCUT2D eigenvalue weighted by Gasteiger charge is -2.27. The van der Waals surface area contributed by atoms with E-state index in [1.807, 2.05) is 0 Å². The molecule has 0 radical (unpaired) electrons. The SMILES string of the molecule is COc1ccc(OC)c(/C=C/C(=O)N2CCCN2C(=O)CCCC(=O)Nc2cc(C)on2)c1. The fourth-order valence-electron chi connectivity index (χ4n) is 3.48. The summed E-state index contributed by atoms with van der Waals surface area (Å²) in [6.45, 7) is 2.65. The zero-order chi connectivity index (χ0) is 23.8. The van der Waals surface area contributed by atoms with Crippen molar-refractivity contribution >= 4 is 29.6 Å². The summed E-state index contributed by atoms with van der Waals surface area (Å²) in [7, 11) is 3.11. The third-order valence-electron chi connectivity index (χ3n) is 5.11. The van der Waals surface area contributed by atoms with Crippen LogP contribution in [0.1, 0.15) is 37.0 Å². The Bertz CT molecular complexity index is 1030. The minimum atomic E-state index is -0.301. The number of aromatic nitrogens is 1. The van der Waals surface area contributed by atoms with Crippen LogP contribution in [0, 0.1) is 6.92 Å². The fraction of sp³-hybridized carbons (Fsp3) is 0.391. The molecule has 1 aromatic heterocycles. The van der Waals surface area contributed by atoms with E-state index in [9.17, 15) is 14.4 Å². The van der Waals surface area contributed by atoms with Gasteiger partial charge in [-0.15, -0.1) is 0 Å². The largest absolute Gasteiger partial charge is 0.497 e. The Labute approximate surface area is 192 Å². The van der Waals surface area contributed by atoms with Gasteiger partial charge in [-0.25, -0.2) is 5.01 Å². The summed E-state index contributed by atoms with van der Waals surface area (Å²) in [6.07, 6.45) is 4.42. The van der Waals surface area contributed by atoms with Crippen LogP contribution in [0.4, 0.5) is 5.82 Å². The minimum Gasteiger partial charge on any atom is -0.497 e. The maximum absolute atomic E-state index is 12.8. The average Bonchev–Trinajstić information content (AvgIpc) is 3.46. The lowest BCUT2D eigenvalue weighted by atomic mass is 10.1. The van der Waals surface area contributed by atoms with Gasteiger partial charge in [0, 0.05) is 43.6 Å². The van der Waals surface area contributed by atoms with Crippen molar-refractivity contribution in [3.8, 4) is 11.5 Å². The smallest absolute Gasteiger partial charge is 0.265 e. The summed E-state index contributed by atoms with van der Waals surface area (Å²) in [5.74, 6) is 1.44. The standard InChI is InChI=1S/C23H28N4O6/c1-16-14-20(25-33-16)24-21(28)6-4-7-22(29)26-12-5-13-27(26)23(30)11-8-17-15-18(31-2)9-10-19(17)32-3/h8-11,14-15H,4-7,12-13H2,1-3H3,(H,24,25,28)/b11-8+. The molecule has 0 saturated carbocycles. The van der Waals surface area contributed by atoms with Crippen molar-refractivity contribution in [1.82, 2.24) is 15.2 Å². The van der Waals surface area contributed by atoms with Gasteiger partial charge in [-0.1, -0.05) is 5.16 Å². The molecular weight excluding hydrogens is 428 g/mol. The Balaban J connectivity index is 1.53. The molecule has 176 valence electrons. The molecule has 0 bridgehead atoms. The van der Waals surface area contributed by atoms with E-state index >= 15 is 0 Å². The molecule has 0 atom stereocenters. The van der Waals surface area contributed by atoms with Crippen LogP contribution in [0.2, 0.25) is 0 Å². The van der Waals surface area contributed by atoms with Crippen LogP contribution < -0.4 is 14.8 Å². The third kappa shape index (κ3) is 6.34. The molecule has 33 heavy (non-hydrogen) atoms. The van der Waals surface area contributed by atoms with Gasteiger partial charge in [0.2, 0.25) is 11.8 Å². The first kappa shape index (κ1) is 23.8. The molecule has 1 N–H and O–H groups in total. The maximum Gasteiger partial charge on any atom is 0.265 e. The van der Waals surface area contributed by atoms with Gasteiger partial charge in [-0.3, -0.25) is 19.4 Å². The highest BCUT2D eigenvalue weighted by molar-refractivity contribution is 5.94. The summed E-state index contributed by atoms with van der Waals surface area (Å²) >= 11 is 0. The van der Waals surface area contributed by atoms with Crippen molar-refractivity contribution in [3.63, 3.8) is 0 Å². The molecule has 1 aromatic carbocycles. The number of aryl methyl sites for hydroxylation is 1. The van der Waals surface area contributed by atoms with Gasteiger partial charge in [-0.2, -0.15) is 0 Å². The van der Waals surface area contributed by atoms with E-state index in [1.54, 1.807) is 51.5 Å². The number of nitrogens with zero attached hydrogens (tertiary/aromatic N) is 3. The van der Waals surface area contributed by atoms with Crippen LogP contribution in [0.5, 0.6) is 11.5 Å². The van der Waals surface area contributed by atoms with Gasteiger partial charge in [0.25, 0.3) is 5.91 Å². The molecule has 3 amide bonds. The minimum absolute atomic E-state index is 0.155. The second-order valence-corrected chi connectivity index (χ2v) is 7.50. The van der Waals surface area contributed by atoms with Crippen molar-refractivity contribution in [2.75, 3.05) is 32.6 Å². The zero-order valence-electron chi connectivity index (χ0n) is 19.0. The highest BCUT2D eigenvalue weighted by atomic mass is 16.5. The van der Waals surface area contributed by atoms with Crippen LogP contribution >= 0.6 is 0 Å². The molecular formula is C23H28N4O6. The molecule has 3 rings (SSSR count). The normalized spacial score (nSPS) is 13.4. The first-order valence-electron chi connectivity index (χ1n) is 10.7. The number of anilines is 1. The van der Waals surface area contributed by atoms with E-state index in [0.717, 1.165) is 0 Å². The lowest BCUT2D eigenvalue weighted by molar-refractivity contribution is -0.154. The molecule has 1 saturated heterocycles. The van der Waals surface area contributed by atoms with E-state index in [0.29, 0.717) is 54.6 Å². The summed E-state index contributed by atoms with van der Waals surface area (Å²) in [5, 5.41) is 9.21. The number of hydrogen-bond acceptors (Lipinski definition) is 7. The summed E-state index contributed by atoms with van der Waals surface area (Å²) in [5.41, 5.74) is 0.690. The highest BCUT2D eigenvalue weighted by Crippen LogP contribution is 2.25. The molecule has 0 unspecified atom stereocenters. The van der Waals surface area contributed by atoms with Crippen molar-refractivity contribution in [3.05, 3.63) is 41.7 Å². The molecule has 0 spiro atoms. The van der Waals surface area contributed by atoms with E-state index < -0.39 is 0 Å². The zero-order valence-corrected chi connectivity index (χ0v) is 19.0. The second kappa shape index (κ2) is 11.2. The van der Waals surface area contributed by atoms with Crippen molar-refractivity contribution in [2.45, 2.75) is 32.6 Å². The average molecular weight is 456 g/mol. The number of ether oxygens (including phenoxy) is 2. The maximum atomic E-state index is 12.8. The van der Waals surface area contributed by atoms with E-state index in [-0.39, 0.29) is 30.6 Å². The number of rotatable bonds is 9. The monoisotopic (exact) mass is 456 g/mol. The summed E-state index contributed by atoms with van der Waals surface area (Å²) < 4.78 is 15.5. The van der Waals surface area contributed by atoms with E-state index in [2.05, 4.69) is 10.5 Å². The fourth-order valence-corrected chi connectivity index (χ4v) is 3.48. The van der Waals surface area contributed by atoms with Crippen LogP contribution in [-0.2, 0) is 14.4 Å². The molecule has 1 aliphatic heterocycles. The van der Waals surface area contributed by atoms with Gasteiger partial charge < -0.3 is 19.3 Å². The van der Waals surface area contributed by atoms with E-state index in [1.165, 1.54) is 16.1 Å². The topological polar surface area (TPSA) is 114 Å². The number of carbonyl (C=O) groups is 3. The van der Waals surface area contributed by atoms with Crippen LogP contribution in [-0.4, -0.2) is 60.2 Å². The Hall–Kier alpha value is -3.82. The van der Waals surface area contributed by atoms with Crippen LogP contribution in [0.3, 0.4) is 0 Å². The van der Waals surface area contributed by atoms with Gasteiger partial charge in [0.1, 0.15) is 17.3 Å². The molecule has 0 aliphatic carbocycles. The number of methoxy groups -OCH3 is 2. The van der Waals surface area contributed by atoms with Crippen molar-refractivity contribution in [2.24, 2.45) is 0 Å². The number of benzene rings is 1. The number of nitrogens with one attached hydrogen (secondary N) is 1. The Morgan fingerprint density at radius 1 is 1.12 bits per heavy atom. The molecule has 1 aliphatic rings. The number of carbonyl (C=O) groups excluding carboxylic acids is 3. The summed E-state index contributed by atoms with van der Waals surface area (Å²) in [4.78, 5) is 37.4. The molecule has 10 nitrogen and oxygen atoms in total. The number of amides is 3. The predicted molar refractivity (Wildman–Crippen MR) is 120 cm³/mol. The van der Waals surface area contributed by atoms with Gasteiger partial charge in [0.05, 0.1) is 14.2 Å². The molecule has 1 fully saturated rings. The van der Waals surface area contributed by atoms with Gasteiger partial charge in [-0.05, 0) is 44.0 Å². The Morgan fingerprint density at radius 3 is 2.61 bits per heavy atom. The van der Waals surface area contributed by atoms with Crippen LogP contribution in [0.15, 0.2) is 34.9 Å². The first-order valence-corrected chi connectivity index (χ1v) is 10.7. The molecule has 2 heterocycles. The van der Waals surface area contributed by atoms with Crippen molar-refractivity contribution in [1.29, 1.82) is 0 Å². The highest BCUT2D eigenvalue weighted by Gasteiger charge is 2.29. The first-order chi connectivity index (χ1) is 15.9. The second-order valence-electron chi connectivity index (χ2n) is 7.50. The lowest BCUT2D eigenvalue weighted by Crippen LogP contribution is -2.44. The number of hydrogen-bond donors (Lipinski definition) is 1. The Kier molecular flexibility index (Phi) is 8.06. The van der Waals surface area contributed by atoms with Gasteiger partial charge in [0.15, 0.2) is 5.82 Å². The molecule has 10 heteroatoms. The summed E-state index contributed by atoms with van der Waals surface area (Å²) in [6, 6.07) is 6.91. The number of hydrazine groups is 1.